The Labute approximate surface area is 107 Å². The van der Waals surface area contributed by atoms with Crippen LogP contribution in [0.5, 0.6) is 0 Å². The summed E-state index contributed by atoms with van der Waals surface area (Å²) in [4.78, 5) is 11.8. The third-order valence-electron chi connectivity index (χ3n) is 2.49. The summed E-state index contributed by atoms with van der Waals surface area (Å²) in [6, 6.07) is 8.20. The van der Waals surface area contributed by atoms with Gasteiger partial charge in [0.25, 0.3) is 5.56 Å². The van der Waals surface area contributed by atoms with E-state index in [9.17, 15) is 9.18 Å². The number of aromatic nitrogens is 1. The van der Waals surface area contributed by atoms with Gasteiger partial charge in [0.05, 0.1) is 6.54 Å². The minimum absolute atomic E-state index is 0.0483. The lowest BCUT2D eigenvalue weighted by Crippen LogP contribution is -2.21. The molecule has 4 heteroatoms. The first-order chi connectivity index (χ1) is 8.06. The van der Waals surface area contributed by atoms with Gasteiger partial charge >= 0.3 is 0 Å². The predicted molar refractivity (Wildman–Crippen MR) is 68.6 cm³/mol. The zero-order valence-corrected chi connectivity index (χ0v) is 10.9. The number of rotatable bonds is 2. The van der Waals surface area contributed by atoms with E-state index >= 15 is 0 Å². The summed E-state index contributed by atoms with van der Waals surface area (Å²) in [6.45, 7) is 2.14. The molecule has 0 aliphatic heterocycles. The van der Waals surface area contributed by atoms with Crippen molar-refractivity contribution >= 4 is 15.9 Å². The molecule has 0 radical (unpaired) electrons. The Morgan fingerprint density at radius 1 is 1.35 bits per heavy atom. The van der Waals surface area contributed by atoms with Crippen LogP contribution in [0, 0.1) is 12.7 Å². The number of nitrogens with zero attached hydrogens (tertiary/aromatic N) is 1. The quantitative estimate of drug-likeness (QED) is 0.834. The van der Waals surface area contributed by atoms with E-state index in [1.54, 1.807) is 29.8 Å². The van der Waals surface area contributed by atoms with Crippen LogP contribution in [-0.4, -0.2) is 4.57 Å². The first-order valence-corrected chi connectivity index (χ1v) is 5.96. The van der Waals surface area contributed by atoms with Gasteiger partial charge in [-0.2, -0.15) is 0 Å². The molecule has 88 valence electrons. The van der Waals surface area contributed by atoms with Gasteiger partial charge in [-0.05, 0) is 36.8 Å². The maximum Gasteiger partial charge on any atom is 0.253 e. The zero-order valence-electron chi connectivity index (χ0n) is 9.28. The van der Waals surface area contributed by atoms with Gasteiger partial charge in [-0.3, -0.25) is 4.79 Å². The molecule has 0 atom stereocenters. The third-order valence-corrected chi connectivity index (χ3v) is 2.94. The Morgan fingerprint density at radius 3 is 2.82 bits per heavy atom. The number of pyridine rings is 1. The molecular weight excluding hydrogens is 285 g/mol. The van der Waals surface area contributed by atoms with Crippen LogP contribution in [0.4, 0.5) is 4.39 Å². The van der Waals surface area contributed by atoms with Gasteiger partial charge in [-0.15, -0.1) is 0 Å². The summed E-state index contributed by atoms with van der Waals surface area (Å²) in [5, 5.41) is 0. The summed E-state index contributed by atoms with van der Waals surface area (Å²) in [7, 11) is 0. The third kappa shape index (κ3) is 2.82. The summed E-state index contributed by atoms with van der Waals surface area (Å²) in [6.07, 6.45) is 1.70. The standard InChI is InChI=1S/C13H11BrFNO/c1-9-3-2-4-16(13(9)17)8-10-5-11(14)7-12(15)6-10/h2-7H,8H2,1H3. The van der Waals surface area contributed by atoms with Crippen LogP contribution >= 0.6 is 15.9 Å². The fourth-order valence-corrected chi connectivity index (χ4v) is 2.19. The van der Waals surface area contributed by atoms with Crippen LogP contribution in [0.1, 0.15) is 11.1 Å². The number of hydrogen-bond acceptors (Lipinski definition) is 1. The second-order valence-electron chi connectivity index (χ2n) is 3.90. The average Bonchev–Trinajstić information content (AvgIpc) is 2.23. The smallest absolute Gasteiger partial charge is 0.253 e. The van der Waals surface area contributed by atoms with Crippen molar-refractivity contribution in [1.82, 2.24) is 4.57 Å². The molecule has 2 rings (SSSR count). The fourth-order valence-electron chi connectivity index (χ4n) is 1.68. The normalized spacial score (nSPS) is 10.5. The molecule has 0 saturated heterocycles. The van der Waals surface area contributed by atoms with Crippen molar-refractivity contribution < 1.29 is 4.39 Å². The lowest BCUT2D eigenvalue weighted by molar-refractivity contribution is 0.621. The molecule has 0 aliphatic rings. The summed E-state index contributed by atoms with van der Waals surface area (Å²) < 4.78 is 15.4. The Hall–Kier alpha value is -1.42. The molecule has 0 fully saturated rings. The van der Waals surface area contributed by atoms with Crippen LogP contribution < -0.4 is 5.56 Å². The van der Waals surface area contributed by atoms with Crippen molar-refractivity contribution in [1.29, 1.82) is 0 Å². The zero-order chi connectivity index (χ0) is 12.4. The second-order valence-corrected chi connectivity index (χ2v) is 4.82. The Morgan fingerprint density at radius 2 is 2.12 bits per heavy atom. The van der Waals surface area contributed by atoms with E-state index in [1.165, 1.54) is 12.1 Å². The molecule has 1 aromatic heterocycles. The molecule has 0 unspecified atom stereocenters. The molecule has 2 aromatic rings. The van der Waals surface area contributed by atoms with E-state index in [2.05, 4.69) is 15.9 Å². The van der Waals surface area contributed by atoms with E-state index < -0.39 is 0 Å². The van der Waals surface area contributed by atoms with Gasteiger partial charge in [0.2, 0.25) is 0 Å². The van der Waals surface area contributed by atoms with Gasteiger partial charge in [-0.25, -0.2) is 4.39 Å². The van der Waals surface area contributed by atoms with Crippen LogP contribution in [-0.2, 0) is 6.54 Å². The first-order valence-electron chi connectivity index (χ1n) is 5.17. The van der Waals surface area contributed by atoms with Crippen LogP contribution in [0.25, 0.3) is 0 Å². The van der Waals surface area contributed by atoms with E-state index in [0.29, 0.717) is 16.6 Å². The topological polar surface area (TPSA) is 22.0 Å². The predicted octanol–water partition coefficient (Wildman–Crippen LogP) is 3.11. The summed E-state index contributed by atoms with van der Waals surface area (Å²) >= 11 is 3.23. The highest BCUT2D eigenvalue weighted by Crippen LogP contribution is 2.15. The van der Waals surface area contributed by atoms with E-state index in [1.807, 2.05) is 6.07 Å². The van der Waals surface area contributed by atoms with E-state index in [4.69, 9.17) is 0 Å². The van der Waals surface area contributed by atoms with Crippen molar-refractivity contribution in [2.24, 2.45) is 0 Å². The Balaban J connectivity index is 2.38. The molecule has 0 spiro atoms. The van der Waals surface area contributed by atoms with E-state index in [0.717, 1.165) is 5.56 Å². The number of aryl methyl sites for hydroxylation is 1. The van der Waals surface area contributed by atoms with Gasteiger partial charge in [0, 0.05) is 16.2 Å². The maximum absolute atomic E-state index is 13.2. The molecule has 1 heterocycles. The molecule has 0 amide bonds. The molecule has 2 nitrogen and oxygen atoms in total. The fraction of sp³-hybridized carbons (Fsp3) is 0.154. The minimum Gasteiger partial charge on any atom is -0.311 e. The summed E-state index contributed by atoms with van der Waals surface area (Å²) in [5.41, 5.74) is 1.39. The molecule has 0 N–H and O–H groups in total. The highest BCUT2D eigenvalue weighted by atomic mass is 79.9. The SMILES string of the molecule is Cc1cccn(Cc2cc(F)cc(Br)c2)c1=O. The molecule has 0 bridgehead atoms. The molecular formula is C13H11BrFNO. The van der Waals surface area contributed by atoms with Crippen molar-refractivity contribution in [3.8, 4) is 0 Å². The van der Waals surface area contributed by atoms with Crippen molar-refractivity contribution in [3.05, 3.63) is 68.3 Å². The monoisotopic (exact) mass is 295 g/mol. The van der Waals surface area contributed by atoms with Crippen molar-refractivity contribution in [2.75, 3.05) is 0 Å². The van der Waals surface area contributed by atoms with Crippen molar-refractivity contribution in [2.45, 2.75) is 13.5 Å². The van der Waals surface area contributed by atoms with Gasteiger partial charge in [0.15, 0.2) is 0 Å². The highest BCUT2D eigenvalue weighted by molar-refractivity contribution is 9.10. The van der Waals surface area contributed by atoms with Crippen LogP contribution in [0.15, 0.2) is 45.8 Å². The van der Waals surface area contributed by atoms with Crippen LogP contribution in [0.2, 0.25) is 0 Å². The molecule has 17 heavy (non-hydrogen) atoms. The van der Waals surface area contributed by atoms with Crippen LogP contribution in [0.3, 0.4) is 0 Å². The van der Waals surface area contributed by atoms with Crippen molar-refractivity contribution in [3.63, 3.8) is 0 Å². The lowest BCUT2D eigenvalue weighted by Gasteiger charge is -2.07. The number of hydrogen-bond donors (Lipinski definition) is 0. The lowest BCUT2D eigenvalue weighted by atomic mass is 10.2. The van der Waals surface area contributed by atoms with Gasteiger partial charge in [-0.1, -0.05) is 22.0 Å². The average molecular weight is 296 g/mol. The first kappa shape index (κ1) is 12.0. The number of benzene rings is 1. The second kappa shape index (κ2) is 4.84. The Bertz CT molecular complexity index is 586. The molecule has 1 aromatic carbocycles. The highest BCUT2D eigenvalue weighted by Gasteiger charge is 2.02. The minimum atomic E-state index is -0.310. The number of halogens is 2. The summed E-state index contributed by atoms with van der Waals surface area (Å²) in [5.74, 6) is -0.310. The van der Waals surface area contributed by atoms with Gasteiger partial charge in [0.1, 0.15) is 5.82 Å². The Kier molecular flexibility index (Phi) is 3.43. The van der Waals surface area contributed by atoms with Gasteiger partial charge < -0.3 is 4.57 Å². The molecule has 0 saturated carbocycles. The van der Waals surface area contributed by atoms with E-state index in [-0.39, 0.29) is 11.4 Å². The maximum atomic E-state index is 13.2. The largest absolute Gasteiger partial charge is 0.311 e. The molecule has 0 aliphatic carbocycles.